The highest BCUT2D eigenvalue weighted by Crippen LogP contribution is 2.37. The molecule has 0 bridgehead atoms. The third-order valence-corrected chi connectivity index (χ3v) is 8.22. The third kappa shape index (κ3) is 4.50. The fraction of sp³-hybridized carbons (Fsp3) is 0.429. The van der Waals surface area contributed by atoms with E-state index in [0.717, 1.165) is 49.8 Å². The molecule has 11 heteroatoms. The maximum Gasteiger partial charge on any atom is 0.253 e. The number of aromatic amines is 1. The van der Waals surface area contributed by atoms with Crippen LogP contribution in [0.25, 0.3) is 10.9 Å². The minimum Gasteiger partial charge on any atom is -0.454 e. The van der Waals surface area contributed by atoms with E-state index in [2.05, 4.69) is 30.3 Å². The number of benzene rings is 2. The van der Waals surface area contributed by atoms with Crippen LogP contribution in [0.15, 0.2) is 47.3 Å². The van der Waals surface area contributed by atoms with Gasteiger partial charge in [0.15, 0.2) is 17.3 Å². The summed E-state index contributed by atoms with van der Waals surface area (Å²) in [6.07, 6.45) is 5.58. The molecule has 3 aliphatic rings. The predicted octanol–water partition coefficient (Wildman–Crippen LogP) is 3.80. The summed E-state index contributed by atoms with van der Waals surface area (Å²) in [5, 5.41) is 13.9. The fourth-order valence-corrected chi connectivity index (χ4v) is 6.17. The molecular weight excluding hydrogens is 501 g/mol. The number of hydrogen-bond acceptors (Lipinski definition) is 8. The summed E-state index contributed by atoms with van der Waals surface area (Å²) in [7, 11) is 0. The van der Waals surface area contributed by atoms with Crippen molar-refractivity contribution < 1.29 is 13.9 Å². The summed E-state index contributed by atoms with van der Waals surface area (Å²) in [6.45, 7) is 3.02. The van der Waals surface area contributed by atoms with Crippen LogP contribution in [0.2, 0.25) is 0 Å². The minimum absolute atomic E-state index is 0.167. The molecule has 1 N–H and O–H groups in total. The zero-order chi connectivity index (χ0) is 26.3. The lowest BCUT2D eigenvalue weighted by molar-refractivity contribution is 0.174. The zero-order valence-electron chi connectivity index (χ0n) is 21.6. The number of piperazine rings is 1. The lowest BCUT2D eigenvalue weighted by Crippen LogP contribution is -2.49. The van der Waals surface area contributed by atoms with Gasteiger partial charge in [-0.25, -0.2) is 9.07 Å². The van der Waals surface area contributed by atoms with Gasteiger partial charge < -0.3 is 19.4 Å². The van der Waals surface area contributed by atoms with E-state index in [1.807, 2.05) is 35.0 Å². The number of H-pyrrole nitrogens is 1. The molecule has 0 radical (unpaired) electrons. The number of nitrogens with one attached hydrogen (secondary N) is 1. The Morgan fingerprint density at radius 3 is 2.46 bits per heavy atom. The van der Waals surface area contributed by atoms with Gasteiger partial charge in [0.2, 0.25) is 6.79 Å². The Bertz CT molecular complexity index is 1540. The Balaban J connectivity index is 1.27. The second kappa shape index (κ2) is 9.96. The number of hydrogen-bond donors (Lipinski definition) is 1. The van der Waals surface area contributed by atoms with Gasteiger partial charge in [-0.1, -0.05) is 19.3 Å². The number of halogens is 1. The van der Waals surface area contributed by atoms with Crippen molar-refractivity contribution in [1.29, 1.82) is 0 Å². The zero-order valence-corrected chi connectivity index (χ0v) is 21.6. The molecule has 2 fully saturated rings. The van der Waals surface area contributed by atoms with Gasteiger partial charge in [-0.3, -0.25) is 9.69 Å². The number of anilines is 1. The van der Waals surface area contributed by atoms with Gasteiger partial charge >= 0.3 is 0 Å². The number of aromatic nitrogens is 5. The summed E-state index contributed by atoms with van der Waals surface area (Å²) < 4.78 is 26.5. The molecule has 0 unspecified atom stereocenters. The van der Waals surface area contributed by atoms with E-state index < -0.39 is 6.04 Å². The molecule has 4 aromatic rings. The Kier molecular flexibility index (Phi) is 6.15. The normalized spacial score (nSPS) is 19.1. The number of fused-ring (bicyclic) bond motifs is 2. The lowest BCUT2D eigenvalue weighted by Gasteiger charge is -2.40. The standard InChI is InChI=1S/C28H30FN7O3/c29-19-6-8-20(9-7-19)34-10-12-35(13-11-34)26(27-31-32-33-36(27)21-4-2-1-3-5-21)22-14-18-15-24-25(39-17-38-24)16-23(18)30-28(22)37/h6-9,14-16,21,26H,1-5,10-13,17H2,(H,30,37)/t26-/m1/s1. The number of pyridine rings is 1. The molecule has 0 amide bonds. The highest BCUT2D eigenvalue weighted by molar-refractivity contribution is 5.83. The van der Waals surface area contributed by atoms with Crippen molar-refractivity contribution in [3.63, 3.8) is 0 Å². The lowest BCUT2D eigenvalue weighted by atomic mass is 9.95. The first-order valence-electron chi connectivity index (χ1n) is 13.6. The number of tetrazole rings is 1. The van der Waals surface area contributed by atoms with Crippen LogP contribution < -0.4 is 19.9 Å². The monoisotopic (exact) mass is 531 g/mol. The SMILES string of the molecule is O=c1[nH]c2cc3c(cc2cc1[C@H](c1nnnn1C1CCCCC1)N1CCN(c2ccc(F)cc2)CC1)OCO3. The second-order valence-electron chi connectivity index (χ2n) is 10.5. The van der Waals surface area contributed by atoms with Crippen LogP contribution in [0.5, 0.6) is 11.5 Å². The Hall–Kier alpha value is -3.99. The second-order valence-corrected chi connectivity index (χ2v) is 10.5. The van der Waals surface area contributed by atoms with Gasteiger partial charge in [0.05, 0.1) is 11.6 Å². The van der Waals surface area contributed by atoms with Crippen molar-refractivity contribution in [2.45, 2.75) is 44.2 Å². The van der Waals surface area contributed by atoms with E-state index in [1.165, 1.54) is 18.6 Å². The van der Waals surface area contributed by atoms with Crippen molar-refractivity contribution in [3.05, 3.63) is 70.0 Å². The molecule has 2 aromatic heterocycles. The van der Waals surface area contributed by atoms with Crippen molar-refractivity contribution >= 4 is 16.6 Å². The first-order valence-corrected chi connectivity index (χ1v) is 13.6. The van der Waals surface area contributed by atoms with E-state index >= 15 is 0 Å². The maximum absolute atomic E-state index is 13.6. The topological polar surface area (TPSA) is 101 Å². The van der Waals surface area contributed by atoms with E-state index in [0.29, 0.717) is 41.5 Å². The van der Waals surface area contributed by atoms with Gasteiger partial charge in [0.25, 0.3) is 5.56 Å². The quantitative estimate of drug-likeness (QED) is 0.415. The van der Waals surface area contributed by atoms with Crippen molar-refractivity contribution in [2.75, 3.05) is 37.9 Å². The average molecular weight is 532 g/mol. The molecule has 1 saturated carbocycles. The van der Waals surface area contributed by atoms with Crippen LogP contribution in [0.3, 0.4) is 0 Å². The molecule has 0 spiro atoms. The molecule has 4 heterocycles. The highest BCUT2D eigenvalue weighted by Gasteiger charge is 2.34. The van der Waals surface area contributed by atoms with Crippen molar-refractivity contribution in [3.8, 4) is 11.5 Å². The van der Waals surface area contributed by atoms with Gasteiger partial charge in [-0.05, 0) is 59.7 Å². The molecule has 1 atom stereocenters. The van der Waals surface area contributed by atoms with Gasteiger partial charge in [0, 0.05) is 48.9 Å². The molecule has 10 nitrogen and oxygen atoms in total. The van der Waals surface area contributed by atoms with Crippen LogP contribution in [0.1, 0.15) is 55.6 Å². The molecule has 7 rings (SSSR count). The largest absolute Gasteiger partial charge is 0.454 e. The summed E-state index contributed by atoms with van der Waals surface area (Å²) in [4.78, 5) is 21.2. The molecule has 2 aromatic carbocycles. The van der Waals surface area contributed by atoms with Crippen molar-refractivity contribution in [1.82, 2.24) is 30.1 Å². The van der Waals surface area contributed by atoms with Gasteiger partial charge in [-0.15, -0.1) is 5.10 Å². The summed E-state index contributed by atoms with van der Waals surface area (Å²) in [5.41, 5.74) is 2.10. The Morgan fingerprint density at radius 1 is 0.949 bits per heavy atom. The predicted molar refractivity (Wildman–Crippen MR) is 143 cm³/mol. The first kappa shape index (κ1) is 24.1. The van der Waals surface area contributed by atoms with Gasteiger partial charge in [-0.2, -0.15) is 0 Å². The van der Waals surface area contributed by atoms with E-state index in [4.69, 9.17) is 9.47 Å². The number of ether oxygens (including phenoxy) is 2. The number of rotatable bonds is 5. The Morgan fingerprint density at radius 2 is 1.69 bits per heavy atom. The molecule has 202 valence electrons. The van der Waals surface area contributed by atoms with Crippen LogP contribution in [0, 0.1) is 5.82 Å². The maximum atomic E-state index is 13.6. The van der Waals surface area contributed by atoms with Crippen LogP contribution in [-0.2, 0) is 0 Å². The van der Waals surface area contributed by atoms with Crippen LogP contribution in [0.4, 0.5) is 10.1 Å². The Labute approximate surface area is 224 Å². The van der Waals surface area contributed by atoms with Crippen LogP contribution >= 0.6 is 0 Å². The fourth-order valence-electron chi connectivity index (χ4n) is 6.17. The number of nitrogens with zero attached hydrogens (tertiary/aromatic N) is 6. The molecule has 1 saturated heterocycles. The van der Waals surface area contributed by atoms with Crippen molar-refractivity contribution in [2.24, 2.45) is 0 Å². The molecule has 2 aliphatic heterocycles. The van der Waals surface area contributed by atoms with Gasteiger partial charge in [0.1, 0.15) is 11.9 Å². The summed E-state index contributed by atoms with van der Waals surface area (Å²) in [6, 6.07) is 12.1. The first-order chi connectivity index (χ1) is 19.1. The highest BCUT2D eigenvalue weighted by atomic mass is 19.1. The minimum atomic E-state index is -0.420. The van der Waals surface area contributed by atoms with E-state index in [9.17, 15) is 9.18 Å². The van der Waals surface area contributed by atoms with E-state index in [1.54, 1.807) is 0 Å². The molecular formula is C28H30FN7O3. The van der Waals surface area contributed by atoms with E-state index in [-0.39, 0.29) is 24.2 Å². The van der Waals surface area contributed by atoms with Crippen LogP contribution in [-0.4, -0.2) is 63.1 Å². The third-order valence-electron chi connectivity index (χ3n) is 8.22. The summed E-state index contributed by atoms with van der Waals surface area (Å²) >= 11 is 0. The molecule has 1 aliphatic carbocycles. The smallest absolute Gasteiger partial charge is 0.253 e. The average Bonchev–Trinajstić information content (AvgIpc) is 3.63. The summed E-state index contributed by atoms with van der Waals surface area (Å²) in [5.74, 6) is 1.74. The molecule has 39 heavy (non-hydrogen) atoms.